The third-order valence-electron chi connectivity index (χ3n) is 2.25. The van der Waals surface area contributed by atoms with Crippen LogP contribution < -0.4 is 0 Å². The van der Waals surface area contributed by atoms with Gasteiger partial charge in [-0.2, -0.15) is 10.5 Å². The topological polar surface area (TPSA) is 90.2 Å². The maximum Gasteiger partial charge on any atom is 0.127 e. The Morgan fingerprint density at radius 2 is 1.79 bits per heavy atom. The molecule has 0 aliphatic carbocycles. The Bertz CT molecular complexity index is 220. The van der Waals surface area contributed by atoms with Crippen molar-refractivity contribution in [3.05, 3.63) is 0 Å². The van der Waals surface area contributed by atoms with E-state index in [9.17, 15) is 15.3 Å². The van der Waals surface area contributed by atoms with Crippen LogP contribution in [0, 0.1) is 0 Å². The first kappa shape index (κ1) is 12.1. The van der Waals surface area contributed by atoms with Gasteiger partial charge in [0.2, 0.25) is 0 Å². The summed E-state index contributed by atoms with van der Waals surface area (Å²) in [5, 5.41) is 37.3. The van der Waals surface area contributed by atoms with Crippen molar-refractivity contribution in [2.45, 2.75) is 29.9 Å². The number of aliphatic hydroxyl groups excluding tert-OH is 4. The zero-order valence-electron chi connectivity index (χ0n) is 7.91. The lowest BCUT2D eigenvalue weighted by Gasteiger charge is -2.40. The highest BCUT2D eigenvalue weighted by molar-refractivity contribution is 8.13. The Morgan fingerprint density at radius 3 is 2.21 bits per heavy atom. The SMILES string of the molecule is C=S(C)C1OC(CO)C(O)C(O)C1O. The van der Waals surface area contributed by atoms with Crippen molar-refractivity contribution in [3.63, 3.8) is 0 Å². The van der Waals surface area contributed by atoms with Gasteiger partial charge >= 0.3 is 0 Å². The van der Waals surface area contributed by atoms with E-state index in [1.165, 1.54) is 0 Å². The number of rotatable bonds is 2. The molecular formula is C8H16O5S. The van der Waals surface area contributed by atoms with E-state index in [0.29, 0.717) is 0 Å². The van der Waals surface area contributed by atoms with Crippen molar-refractivity contribution in [2.75, 3.05) is 12.9 Å². The number of hydrogen-bond donors (Lipinski definition) is 4. The normalized spacial score (nSPS) is 46.2. The van der Waals surface area contributed by atoms with E-state index in [1.807, 2.05) is 0 Å². The van der Waals surface area contributed by atoms with E-state index in [0.717, 1.165) is 0 Å². The summed E-state index contributed by atoms with van der Waals surface area (Å²) in [7, 11) is -0.494. The first-order chi connectivity index (χ1) is 6.49. The molecular weight excluding hydrogens is 208 g/mol. The van der Waals surface area contributed by atoms with E-state index in [1.54, 1.807) is 6.26 Å². The van der Waals surface area contributed by atoms with E-state index in [2.05, 4.69) is 5.87 Å². The Kier molecular flexibility index (Phi) is 4.05. The van der Waals surface area contributed by atoms with Crippen molar-refractivity contribution in [1.82, 2.24) is 0 Å². The maximum absolute atomic E-state index is 9.54. The standard InChI is InChI=1S/C8H16O5S/c1-14(2)8-7(12)6(11)5(10)4(3-9)13-8/h4-12H,1,3H2,2H3. The fraction of sp³-hybridized carbons (Fsp3) is 0.875. The Morgan fingerprint density at radius 1 is 1.21 bits per heavy atom. The van der Waals surface area contributed by atoms with E-state index in [-0.39, 0.29) is 0 Å². The summed E-state index contributed by atoms with van der Waals surface area (Å²) < 4.78 is 5.23. The van der Waals surface area contributed by atoms with Gasteiger partial charge in [0.15, 0.2) is 0 Å². The van der Waals surface area contributed by atoms with Gasteiger partial charge in [-0.25, -0.2) is 0 Å². The average Bonchev–Trinajstić information content (AvgIpc) is 2.14. The molecule has 84 valence electrons. The molecule has 1 aliphatic heterocycles. The molecule has 1 fully saturated rings. The van der Waals surface area contributed by atoms with Crippen molar-refractivity contribution < 1.29 is 25.2 Å². The van der Waals surface area contributed by atoms with Gasteiger partial charge in [0.25, 0.3) is 0 Å². The quantitative estimate of drug-likeness (QED) is 0.412. The van der Waals surface area contributed by atoms with E-state index < -0.39 is 46.9 Å². The molecule has 6 atom stereocenters. The summed E-state index contributed by atoms with van der Waals surface area (Å²) in [4.78, 5) is 0. The van der Waals surface area contributed by atoms with Crippen LogP contribution in [0.5, 0.6) is 0 Å². The van der Waals surface area contributed by atoms with Crippen molar-refractivity contribution in [3.8, 4) is 0 Å². The molecule has 0 aromatic carbocycles. The van der Waals surface area contributed by atoms with Crippen molar-refractivity contribution in [2.24, 2.45) is 0 Å². The molecule has 0 spiro atoms. The molecule has 0 bridgehead atoms. The van der Waals surface area contributed by atoms with Crippen LogP contribution in [0.2, 0.25) is 0 Å². The molecule has 1 saturated heterocycles. The molecule has 4 N–H and O–H groups in total. The molecule has 0 aromatic heterocycles. The summed E-state index contributed by atoms with van der Waals surface area (Å²) in [6.45, 7) is -0.390. The van der Waals surface area contributed by atoms with Crippen molar-refractivity contribution >= 4 is 16.4 Å². The molecule has 14 heavy (non-hydrogen) atoms. The summed E-state index contributed by atoms with van der Waals surface area (Å²) in [6.07, 6.45) is -2.79. The van der Waals surface area contributed by atoms with Crippen molar-refractivity contribution in [1.29, 1.82) is 0 Å². The molecule has 1 rings (SSSR count). The van der Waals surface area contributed by atoms with Gasteiger partial charge in [0.05, 0.1) is 6.61 Å². The van der Waals surface area contributed by atoms with E-state index in [4.69, 9.17) is 9.84 Å². The van der Waals surface area contributed by atoms with Gasteiger partial charge < -0.3 is 25.2 Å². The third-order valence-corrected chi connectivity index (χ3v) is 3.43. The zero-order valence-corrected chi connectivity index (χ0v) is 8.72. The van der Waals surface area contributed by atoms with Crippen LogP contribution >= 0.6 is 10.5 Å². The molecule has 0 radical (unpaired) electrons. The molecule has 0 aromatic rings. The van der Waals surface area contributed by atoms with Gasteiger partial charge in [0.1, 0.15) is 29.9 Å². The van der Waals surface area contributed by atoms with Crippen LogP contribution in [-0.4, -0.2) is 69.0 Å². The Balaban J connectivity index is 2.78. The first-order valence-electron chi connectivity index (χ1n) is 4.24. The largest absolute Gasteiger partial charge is 0.394 e. The van der Waals surface area contributed by atoms with Crippen LogP contribution in [0.25, 0.3) is 0 Å². The van der Waals surface area contributed by atoms with Gasteiger partial charge in [0, 0.05) is 0 Å². The van der Waals surface area contributed by atoms with Crippen LogP contribution in [0.15, 0.2) is 0 Å². The van der Waals surface area contributed by atoms with Gasteiger partial charge in [-0.1, -0.05) is 5.87 Å². The summed E-state index contributed by atoms with van der Waals surface area (Å²) in [5.74, 6) is 3.71. The highest BCUT2D eigenvalue weighted by Gasteiger charge is 2.43. The lowest BCUT2D eigenvalue weighted by molar-refractivity contribution is -0.205. The number of hydrogen-bond acceptors (Lipinski definition) is 5. The second-order valence-corrected chi connectivity index (χ2v) is 5.24. The number of ether oxygens (including phenoxy) is 1. The Labute approximate surface area is 84.9 Å². The van der Waals surface area contributed by atoms with Gasteiger partial charge in [-0.3, -0.25) is 0 Å². The first-order valence-corrected chi connectivity index (χ1v) is 6.10. The minimum atomic E-state index is -1.29. The monoisotopic (exact) mass is 224 g/mol. The minimum absolute atomic E-state index is 0.390. The molecule has 1 aliphatic rings. The fourth-order valence-corrected chi connectivity index (χ4v) is 2.37. The van der Waals surface area contributed by atoms with Gasteiger partial charge in [-0.05, 0) is 6.26 Å². The Hall–Kier alpha value is 0.0200. The lowest BCUT2D eigenvalue weighted by atomic mass is 10.0. The second-order valence-electron chi connectivity index (χ2n) is 3.39. The molecule has 6 heteroatoms. The molecule has 0 amide bonds. The van der Waals surface area contributed by atoms with Crippen LogP contribution in [0.1, 0.15) is 0 Å². The third kappa shape index (κ3) is 2.16. The number of aliphatic hydroxyl groups is 4. The molecule has 0 saturated carbocycles. The van der Waals surface area contributed by atoms with Crippen LogP contribution in [0.4, 0.5) is 0 Å². The van der Waals surface area contributed by atoms with Crippen LogP contribution in [0.3, 0.4) is 0 Å². The second kappa shape index (κ2) is 4.69. The minimum Gasteiger partial charge on any atom is -0.394 e. The smallest absolute Gasteiger partial charge is 0.127 e. The van der Waals surface area contributed by atoms with Gasteiger partial charge in [-0.15, -0.1) is 0 Å². The predicted molar refractivity (Wildman–Crippen MR) is 54.4 cm³/mol. The highest BCUT2D eigenvalue weighted by Crippen LogP contribution is 2.29. The summed E-state index contributed by atoms with van der Waals surface area (Å²) >= 11 is 0. The molecule has 6 unspecified atom stereocenters. The molecule has 1 heterocycles. The molecule has 5 nitrogen and oxygen atoms in total. The predicted octanol–water partition coefficient (Wildman–Crippen LogP) is -1.88. The van der Waals surface area contributed by atoms with E-state index >= 15 is 0 Å². The average molecular weight is 224 g/mol. The zero-order chi connectivity index (χ0) is 10.9. The summed E-state index contributed by atoms with van der Waals surface area (Å²) in [5.41, 5.74) is -0.634. The van der Waals surface area contributed by atoms with Crippen LogP contribution in [-0.2, 0) is 4.74 Å². The maximum atomic E-state index is 9.54. The highest BCUT2D eigenvalue weighted by atomic mass is 32.2. The fourth-order valence-electron chi connectivity index (χ4n) is 1.40. The lowest BCUT2D eigenvalue weighted by Crippen LogP contribution is -2.57. The summed E-state index contributed by atoms with van der Waals surface area (Å²) in [6, 6.07) is 0.